The Morgan fingerprint density at radius 1 is 1.18 bits per heavy atom. The fourth-order valence-corrected chi connectivity index (χ4v) is 2.82. The lowest BCUT2D eigenvalue weighted by Crippen LogP contribution is -2.09. The molecular weight excluding hydrogens is 385 g/mol. The average molecular weight is 406 g/mol. The maximum absolute atomic E-state index is 13.0. The van der Waals surface area contributed by atoms with Crippen molar-refractivity contribution < 1.29 is 13.9 Å². The number of benzene rings is 2. The number of nitrogens with zero attached hydrogens (tertiary/aromatic N) is 4. The fourth-order valence-electron chi connectivity index (χ4n) is 2.59. The molecule has 0 fully saturated rings. The number of halogens is 2. The summed E-state index contributed by atoms with van der Waals surface area (Å²) < 4.78 is 25.9. The van der Waals surface area contributed by atoms with E-state index in [1.165, 1.54) is 12.1 Å². The zero-order chi connectivity index (χ0) is 19.9. The Kier molecular flexibility index (Phi) is 6.65. The molecule has 3 aromatic rings. The number of ether oxygens (including phenoxy) is 2. The molecule has 9 heteroatoms. The van der Waals surface area contributed by atoms with Crippen LogP contribution in [0.15, 0.2) is 36.4 Å². The number of hydrogen-bond donors (Lipinski definition) is 1. The summed E-state index contributed by atoms with van der Waals surface area (Å²) in [6.45, 7) is 3.48. The van der Waals surface area contributed by atoms with Crippen LogP contribution in [-0.4, -0.2) is 27.3 Å². The molecule has 1 aromatic heterocycles. The minimum Gasteiger partial charge on any atom is -0.493 e. The van der Waals surface area contributed by atoms with Crippen LogP contribution >= 0.6 is 11.6 Å². The van der Waals surface area contributed by atoms with E-state index in [0.717, 1.165) is 24.1 Å². The van der Waals surface area contributed by atoms with Gasteiger partial charge in [-0.1, -0.05) is 35.8 Å². The van der Waals surface area contributed by atoms with Crippen molar-refractivity contribution in [1.82, 2.24) is 20.2 Å². The van der Waals surface area contributed by atoms with Crippen LogP contribution in [0, 0.1) is 5.82 Å². The van der Waals surface area contributed by atoms with E-state index >= 15 is 0 Å². The number of hydrogen-bond acceptors (Lipinski definition) is 6. The number of anilines is 1. The third-order valence-electron chi connectivity index (χ3n) is 4.04. The summed E-state index contributed by atoms with van der Waals surface area (Å²) in [7, 11) is 1.56. The van der Waals surface area contributed by atoms with E-state index in [1.54, 1.807) is 30.0 Å². The largest absolute Gasteiger partial charge is 0.493 e. The Hall–Kier alpha value is -2.87. The fraction of sp³-hybridized carbons (Fsp3) is 0.316. The van der Waals surface area contributed by atoms with E-state index in [0.29, 0.717) is 29.0 Å². The number of aromatic nitrogens is 4. The Balaban J connectivity index is 1.70. The molecule has 0 atom stereocenters. The van der Waals surface area contributed by atoms with Gasteiger partial charge in [0, 0.05) is 24.2 Å². The maximum atomic E-state index is 13.0. The van der Waals surface area contributed by atoms with Crippen LogP contribution in [0.5, 0.6) is 11.5 Å². The summed E-state index contributed by atoms with van der Waals surface area (Å²) >= 11 is 6.42. The second-order valence-electron chi connectivity index (χ2n) is 6.09. The molecule has 148 valence electrons. The van der Waals surface area contributed by atoms with Crippen LogP contribution in [-0.2, 0) is 19.7 Å². The van der Waals surface area contributed by atoms with Gasteiger partial charge in [-0.15, -0.1) is 0 Å². The molecular formula is C19H21ClFN5O2. The van der Waals surface area contributed by atoms with Gasteiger partial charge in [-0.25, -0.2) is 9.07 Å². The molecule has 1 N–H and O–H groups in total. The van der Waals surface area contributed by atoms with Gasteiger partial charge in [-0.2, -0.15) is 0 Å². The van der Waals surface area contributed by atoms with Gasteiger partial charge in [-0.05, 0) is 46.2 Å². The zero-order valence-corrected chi connectivity index (χ0v) is 16.4. The molecule has 0 amide bonds. The Morgan fingerprint density at radius 2 is 1.96 bits per heavy atom. The molecule has 0 unspecified atom stereocenters. The first-order chi connectivity index (χ1) is 13.6. The molecule has 7 nitrogen and oxygen atoms in total. The van der Waals surface area contributed by atoms with Crippen molar-refractivity contribution in [1.29, 1.82) is 0 Å². The molecule has 0 spiro atoms. The van der Waals surface area contributed by atoms with E-state index < -0.39 is 0 Å². The summed E-state index contributed by atoms with van der Waals surface area (Å²) in [5.41, 5.74) is 1.66. The van der Waals surface area contributed by atoms with Crippen molar-refractivity contribution in [3.63, 3.8) is 0 Å². The van der Waals surface area contributed by atoms with E-state index in [4.69, 9.17) is 21.1 Å². The Bertz CT molecular complexity index is 917. The first-order valence-corrected chi connectivity index (χ1v) is 9.22. The summed E-state index contributed by atoms with van der Waals surface area (Å²) in [4.78, 5) is 0. The van der Waals surface area contributed by atoms with Gasteiger partial charge in [0.1, 0.15) is 12.4 Å². The molecule has 0 aliphatic heterocycles. The first-order valence-electron chi connectivity index (χ1n) is 8.84. The Labute approximate surface area is 167 Å². The van der Waals surface area contributed by atoms with Gasteiger partial charge < -0.3 is 14.8 Å². The second kappa shape index (κ2) is 9.36. The van der Waals surface area contributed by atoms with Crippen LogP contribution in [0.4, 0.5) is 10.3 Å². The van der Waals surface area contributed by atoms with Crippen molar-refractivity contribution in [3.8, 4) is 11.5 Å². The van der Waals surface area contributed by atoms with Crippen LogP contribution in [0.1, 0.15) is 24.5 Å². The monoisotopic (exact) mass is 405 g/mol. The van der Waals surface area contributed by atoms with Crippen molar-refractivity contribution in [2.45, 2.75) is 33.0 Å². The molecule has 1 heterocycles. The minimum atomic E-state index is -0.286. The third kappa shape index (κ3) is 4.89. The van der Waals surface area contributed by atoms with Crippen molar-refractivity contribution in [2.24, 2.45) is 0 Å². The summed E-state index contributed by atoms with van der Waals surface area (Å²) in [5.74, 6) is 1.35. The highest BCUT2D eigenvalue weighted by Gasteiger charge is 2.12. The van der Waals surface area contributed by atoms with Crippen LogP contribution in [0.25, 0.3) is 0 Å². The lowest BCUT2D eigenvalue weighted by molar-refractivity contribution is 0.284. The standard InChI is InChI=1S/C19H21ClFN5O2/c1-3-8-26-19(23-24-25-26)22-11-14-9-17(27-2)18(10-16(14)20)28-12-13-4-6-15(21)7-5-13/h4-7,9-10H,3,8,11-12H2,1-2H3,(H,22,23,25). The van der Waals surface area contributed by atoms with Crippen molar-refractivity contribution >= 4 is 17.5 Å². The van der Waals surface area contributed by atoms with Gasteiger partial charge in [0.25, 0.3) is 0 Å². The lowest BCUT2D eigenvalue weighted by atomic mass is 10.2. The molecule has 28 heavy (non-hydrogen) atoms. The number of aryl methyl sites for hydroxylation is 1. The molecule has 0 radical (unpaired) electrons. The lowest BCUT2D eigenvalue weighted by Gasteiger charge is -2.14. The van der Waals surface area contributed by atoms with E-state index in [2.05, 4.69) is 27.8 Å². The highest BCUT2D eigenvalue weighted by atomic mass is 35.5. The Morgan fingerprint density at radius 3 is 2.68 bits per heavy atom. The highest BCUT2D eigenvalue weighted by Crippen LogP contribution is 2.34. The number of nitrogens with one attached hydrogen (secondary N) is 1. The second-order valence-corrected chi connectivity index (χ2v) is 6.50. The van der Waals surface area contributed by atoms with E-state index in [9.17, 15) is 4.39 Å². The van der Waals surface area contributed by atoms with Gasteiger partial charge in [-0.3, -0.25) is 0 Å². The first kappa shape index (κ1) is 19.9. The smallest absolute Gasteiger partial charge is 0.243 e. The normalized spacial score (nSPS) is 10.7. The van der Waals surface area contributed by atoms with Crippen molar-refractivity contribution in [2.75, 3.05) is 12.4 Å². The summed E-state index contributed by atoms with van der Waals surface area (Å²) in [6, 6.07) is 9.64. The molecule has 0 aliphatic carbocycles. The number of tetrazole rings is 1. The van der Waals surface area contributed by atoms with Gasteiger partial charge in [0.15, 0.2) is 11.5 Å². The zero-order valence-electron chi connectivity index (χ0n) is 15.7. The number of methoxy groups -OCH3 is 1. The van der Waals surface area contributed by atoms with Crippen molar-refractivity contribution in [3.05, 3.63) is 58.4 Å². The molecule has 0 saturated heterocycles. The molecule has 2 aromatic carbocycles. The van der Waals surface area contributed by atoms with Crippen LogP contribution < -0.4 is 14.8 Å². The predicted molar refractivity (Wildman–Crippen MR) is 104 cm³/mol. The average Bonchev–Trinajstić information content (AvgIpc) is 3.14. The molecule has 0 bridgehead atoms. The van der Waals surface area contributed by atoms with Crippen LogP contribution in [0.2, 0.25) is 5.02 Å². The number of rotatable bonds is 9. The summed E-state index contributed by atoms with van der Waals surface area (Å²) in [6.07, 6.45) is 0.925. The maximum Gasteiger partial charge on any atom is 0.243 e. The minimum absolute atomic E-state index is 0.274. The topological polar surface area (TPSA) is 74.1 Å². The van der Waals surface area contributed by atoms with E-state index in [1.807, 2.05) is 6.07 Å². The summed E-state index contributed by atoms with van der Waals surface area (Å²) in [5, 5.41) is 15.3. The van der Waals surface area contributed by atoms with Gasteiger partial charge in [0.05, 0.1) is 7.11 Å². The molecule has 3 rings (SSSR count). The van der Waals surface area contributed by atoms with Gasteiger partial charge >= 0.3 is 0 Å². The van der Waals surface area contributed by atoms with Gasteiger partial charge in [0.2, 0.25) is 5.95 Å². The van der Waals surface area contributed by atoms with E-state index in [-0.39, 0.29) is 12.4 Å². The predicted octanol–water partition coefficient (Wildman–Crippen LogP) is 4.08. The third-order valence-corrected chi connectivity index (χ3v) is 4.40. The quantitative estimate of drug-likeness (QED) is 0.578. The molecule has 0 saturated carbocycles. The molecule has 0 aliphatic rings. The van der Waals surface area contributed by atoms with Crippen LogP contribution in [0.3, 0.4) is 0 Å². The SMILES string of the molecule is CCCn1nnnc1NCc1cc(OC)c(OCc2ccc(F)cc2)cc1Cl. The highest BCUT2D eigenvalue weighted by molar-refractivity contribution is 6.31.